The van der Waals surface area contributed by atoms with Gasteiger partial charge in [-0.1, -0.05) is 38.1 Å². The second-order valence-corrected chi connectivity index (χ2v) is 12.1. The van der Waals surface area contributed by atoms with Crippen LogP contribution in [0.5, 0.6) is 5.88 Å². The fraction of sp³-hybridized carbons (Fsp3) is 0.393. The van der Waals surface area contributed by atoms with Gasteiger partial charge >= 0.3 is 0 Å². The highest BCUT2D eigenvalue weighted by molar-refractivity contribution is 7.92. The minimum Gasteiger partial charge on any atom is -0.471 e. The molecule has 1 aromatic heterocycles. The van der Waals surface area contributed by atoms with E-state index in [0.29, 0.717) is 43.4 Å². The summed E-state index contributed by atoms with van der Waals surface area (Å²) in [6.45, 7) is 11.4. The summed E-state index contributed by atoms with van der Waals surface area (Å²) in [6, 6.07) is 13.8. The van der Waals surface area contributed by atoms with Crippen LogP contribution >= 0.6 is 0 Å². The molecular formula is C28H33N5O4S. The minimum atomic E-state index is -4.06. The lowest BCUT2D eigenvalue weighted by atomic mass is 10.00. The number of rotatable bonds is 3. The van der Waals surface area contributed by atoms with E-state index in [2.05, 4.69) is 33.4 Å². The van der Waals surface area contributed by atoms with Crippen LogP contribution in [0.3, 0.4) is 0 Å². The second kappa shape index (κ2) is 10.3. The number of hydrogen-bond acceptors (Lipinski definition) is 7. The molecule has 1 saturated heterocycles. The maximum absolute atomic E-state index is 13.5. The second-order valence-electron chi connectivity index (χ2n) is 10.5. The third-order valence-corrected chi connectivity index (χ3v) is 8.15. The average molecular weight is 536 g/mol. The van der Waals surface area contributed by atoms with Crippen LogP contribution in [0.25, 0.3) is 11.3 Å². The third-order valence-electron chi connectivity index (χ3n) is 6.83. The van der Waals surface area contributed by atoms with Gasteiger partial charge in [0, 0.05) is 43.4 Å². The monoisotopic (exact) mass is 535 g/mol. The number of carbonyl (C=O) groups excluding carboxylic acids is 1. The van der Waals surface area contributed by atoms with Crippen LogP contribution in [0.15, 0.2) is 53.4 Å². The first-order valence-electron chi connectivity index (χ1n) is 12.9. The number of nitrogens with zero attached hydrogens (tertiary/aromatic N) is 4. The van der Waals surface area contributed by atoms with Crippen molar-refractivity contribution in [2.24, 2.45) is 5.92 Å². The number of fused-ring (bicyclic) bond motifs is 6. The fourth-order valence-electron chi connectivity index (χ4n) is 5.18. The van der Waals surface area contributed by atoms with E-state index in [1.165, 1.54) is 12.1 Å². The molecular weight excluding hydrogens is 502 g/mol. The summed E-state index contributed by atoms with van der Waals surface area (Å²) in [5.41, 5.74) is 3.78. The summed E-state index contributed by atoms with van der Waals surface area (Å²) in [5, 5.41) is 0. The van der Waals surface area contributed by atoms with Crippen LogP contribution in [-0.4, -0.2) is 72.9 Å². The first-order chi connectivity index (χ1) is 18.1. The van der Waals surface area contributed by atoms with Crippen molar-refractivity contribution in [2.75, 3.05) is 37.4 Å². The zero-order valence-corrected chi connectivity index (χ0v) is 23.0. The molecule has 1 N–H and O–H groups in total. The van der Waals surface area contributed by atoms with Gasteiger partial charge in [0.25, 0.3) is 15.9 Å². The van der Waals surface area contributed by atoms with Crippen LogP contribution < -0.4 is 9.46 Å². The lowest BCUT2D eigenvalue weighted by molar-refractivity contribution is 0.0689. The van der Waals surface area contributed by atoms with E-state index in [-0.39, 0.29) is 28.7 Å². The van der Waals surface area contributed by atoms with Gasteiger partial charge in [-0.3, -0.25) is 9.69 Å². The largest absolute Gasteiger partial charge is 0.471 e. The molecule has 0 aliphatic carbocycles. The summed E-state index contributed by atoms with van der Waals surface area (Å²) in [5.74, 6) is 0.400. The quantitative estimate of drug-likeness (QED) is 0.545. The Kier molecular flexibility index (Phi) is 7.11. The Hall–Kier alpha value is -3.50. The van der Waals surface area contributed by atoms with E-state index in [1.54, 1.807) is 23.1 Å². The van der Waals surface area contributed by atoms with Gasteiger partial charge in [0.2, 0.25) is 11.8 Å². The van der Waals surface area contributed by atoms with E-state index in [4.69, 9.17) is 4.74 Å². The number of anilines is 1. The van der Waals surface area contributed by atoms with Crippen LogP contribution in [0.2, 0.25) is 0 Å². The van der Waals surface area contributed by atoms with Crippen molar-refractivity contribution < 1.29 is 17.9 Å². The molecule has 10 heteroatoms. The van der Waals surface area contributed by atoms with Crippen LogP contribution in [0.1, 0.15) is 35.3 Å². The van der Waals surface area contributed by atoms with Crippen molar-refractivity contribution in [1.29, 1.82) is 0 Å². The summed E-state index contributed by atoms with van der Waals surface area (Å²) < 4.78 is 35.6. The Morgan fingerprint density at radius 1 is 1.03 bits per heavy atom. The fourth-order valence-corrected chi connectivity index (χ4v) is 6.17. The van der Waals surface area contributed by atoms with Crippen molar-refractivity contribution in [3.8, 4) is 17.1 Å². The molecule has 38 heavy (non-hydrogen) atoms. The van der Waals surface area contributed by atoms with Gasteiger partial charge < -0.3 is 9.64 Å². The molecule has 1 atom stereocenters. The summed E-state index contributed by atoms with van der Waals surface area (Å²) >= 11 is 0. The normalized spacial score (nSPS) is 19.4. The maximum Gasteiger partial charge on any atom is 0.264 e. The van der Waals surface area contributed by atoms with Crippen molar-refractivity contribution in [3.05, 3.63) is 65.2 Å². The predicted octanol–water partition coefficient (Wildman–Crippen LogP) is 3.74. The highest BCUT2D eigenvalue weighted by Crippen LogP contribution is 2.30. The Bertz CT molecular complexity index is 1450. The number of amides is 1. The number of sulfonamides is 1. The number of aryl methyl sites for hydroxylation is 2. The van der Waals surface area contributed by atoms with Gasteiger partial charge in [-0.25, -0.2) is 18.1 Å². The SMILES string of the molecule is Cc1cccc(C)c1-c1cc2nc(n1)NS(=O)(=O)c1cccc(c1)C(=O)N1CCN(CC(C)C)CC(C1)O2. The molecule has 6 bridgehead atoms. The molecule has 0 spiro atoms. The van der Waals surface area contributed by atoms with Gasteiger partial charge in [-0.15, -0.1) is 0 Å². The van der Waals surface area contributed by atoms with Gasteiger partial charge in [-0.2, -0.15) is 4.98 Å². The molecule has 9 nitrogen and oxygen atoms in total. The van der Waals surface area contributed by atoms with Gasteiger partial charge in [-0.05, 0) is 49.1 Å². The maximum atomic E-state index is 13.5. The molecule has 2 aromatic carbocycles. The summed E-state index contributed by atoms with van der Waals surface area (Å²) in [7, 11) is -4.06. The highest BCUT2D eigenvalue weighted by atomic mass is 32.2. The molecule has 2 aliphatic rings. The minimum absolute atomic E-state index is 0.0288. The number of aromatic nitrogens is 2. The standard InChI is InChI=1S/C28H33N5O4S/c1-18(2)15-32-11-12-33-17-22(16-32)37-25-14-24(26-19(3)7-5-8-20(26)4)29-28(30-25)31-38(35,36)23-10-6-9-21(13-23)27(33)34/h5-10,13-14,18,22H,11-12,15-17H2,1-4H3,(H,29,30,31). The molecule has 5 rings (SSSR count). The van der Waals surface area contributed by atoms with Gasteiger partial charge in [0.15, 0.2) is 0 Å². The molecule has 0 saturated carbocycles. The Balaban J connectivity index is 1.66. The van der Waals surface area contributed by atoms with Crippen LogP contribution in [0.4, 0.5) is 5.95 Å². The molecule has 1 amide bonds. The number of ether oxygens (including phenoxy) is 1. The van der Waals surface area contributed by atoms with E-state index in [1.807, 2.05) is 32.0 Å². The first-order valence-corrected chi connectivity index (χ1v) is 14.3. The Labute approximate surface area is 223 Å². The Morgan fingerprint density at radius 2 is 1.76 bits per heavy atom. The number of nitrogens with one attached hydrogen (secondary N) is 1. The predicted molar refractivity (Wildman–Crippen MR) is 146 cm³/mol. The molecule has 1 unspecified atom stereocenters. The first kappa shape index (κ1) is 26.1. The summed E-state index contributed by atoms with van der Waals surface area (Å²) in [4.78, 5) is 26.6. The van der Waals surface area contributed by atoms with Crippen LogP contribution in [0, 0.1) is 19.8 Å². The zero-order chi connectivity index (χ0) is 27.0. The molecule has 3 aromatic rings. The van der Waals surface area contributed by atoms with Crippen molar-refractivity contribution in [2.45, 2.75) is 38.7 Å². The van der Waals surface area contributed by atoms with Crippen molar-refractivity contribution in [1.82, 2.24) is 19.8 Å². The summed E-state index contributed by atoms with van der Waals surface area (Å²) in [6.07, 6.45) is -0.366. The van der Waals surface area contributed by atoms with E-state index in [0.717, 1.165) is 23.2 Å². The molecule has 3 heterocycles. The smallest absolute Gasteiger partial charge is 0.264 e. The molecule has 0 radical (unpaired) electrons. The molecule has 200 valence electrons. The molecule has 2 aliphatic heterocycles. The van der Waals surface area contributed by atoms with Crippen molar-refractivity contribution in [3.63, 3.8) is 0 Å². The number of carbonyl (C=O) groups is 1. The van der Waals surface area contributed by atoms with Gasteiger partial charge in [0.1, 0.15) is 6.10 Å². The number of benzene rings is 2. The van der Waals surface area contributed by atoms with E-state index < -0.39 is 10.0 Å². The van der Waals surface area contributed by atoms with Crippen LogP contribution in [-0.2, 0) is 10.0 Å². The molecule has 1 fully saturated rings. The number of hydrogen-bond donors (Lipinski definition) is 1. The third kappa shape index (κ3) is 5.51. The highest BCUT2D eigenvalue weighted by Gasteiger charge is 2.30. The topological polar surface area (TPSA) is 105 Å². The van der Waals surface area contributed by atoms with Crippen molar-refractivity contribution >= 4 is 21.9 Å². The lowest BCUT2D eigenvalue weighted by Gasteiger charge is -2.26. The average Bonchev–Trinajstić information content (AvgIpc) is 3.04. The zero-order valence-electron chi connectivity index (χ0n) is 22.1. The van der Waals surface area contributed by atoms with E-state index >= 15 is 0 Å². The van der Waals surface area contributed by atoms with E-state index in [9.17, 15) is 13.2 Å². The van der Waals surface area contributed by atoms with Gasteiger partial charge in [0.05, 0.1) is 17.1 Å². The Morgan fingerprint density at radius 3 is 2.50 bits per heavy atom. The lowest BCUT2D eigenvalue weighted by Crippen LogP contribution is -2.40.